The predicted octanol–water partition coefficient (Wildman–Crippen LogP) is 2.80. The molecule has 9 nitrogen and oxygen atoms in total. The highest BCUT2D eigenvalue weighted by Crippen LogP contribution is 2.33. The van der Waals surface area contributed by atoms with Crippen LogP contribution in [-0.4, -0.2) is 35.7 Å². The van der Waals surface area contributed by atoms with Gasteiger partial charge in [-0.05, 0) is 46.1 Å². The highest BCUT2D eigenvalue weighted by Gasteiger charge is 2.15. The Bertz CT molecular complexity index is 1370. The van der Waals surface area contributed by atoms with E-state index < -0.39 is 0 Å². The second-order valence-corrected chi connectivity index (χ2v) is 8.14. The number of thiophene rings is 2. The van der Waals surface area contributed by atoms with E-state index in [1.807, 2.05) is 22.9 Å². The normalized spacial score (nSPS) is 11.1. The summed E-state index contributed by atoms with van der Waals surface area (Å²) >= 11 is 2.99. The molecule has 0 unspecified atom stereocenters. The monoisotopic (exact) mass is 435 g/mol. The fraction of sp³-hybridized carbons (Fsp3) is 0.0526. The van der Waals surface area contributed by atoms with Crippen LogP contribution in [0.15, 0.2) is 64.6 Å². The number of nitrogens with one attached hydrogen (secondary N) is 1. The molecule has 0 atom stereocenters. The number of fused-ring (bicyclic) bond motifs is 1. The van der Waals surface area contributed by atoms with Gasteiger partial charge >= 0.3 is 0 Å². The number of nitrogens with zero attached hydrogens (tertiary/aromatic N) is 6. The van der Waals surface area contributed by atoms with Crippen LogP contribution >= 0.6 is 22.7 Å². The Kier molecular flexibility index (Phi) is 4.65. The summed E-state index contributed by atoms with van der Waals surface area (Å²) in [6.45, 7) is -0.129. The number of hydrogen-bond acceptors (Lipinski definition) is 8. The van der Waals surface area contributed by atoms with Crippen molar-refractivity contribution in [2.24, 2.45) is 0 Å². The quantitative estimate of drug-likeness (QED) is 0.455. The van der Waals surface area contributed by atoms with Crippen molar-refractivity contribution >= 4 is 44.5 Å². The van der Waals surface area contributed by atoms with Gasteiger partial charge in [-0.2, -0.15) is 0 Å². The highest BCUT2D eigenvalue weighted by atomic mass is 32.1. The summed E-state index contributed by atoms with van der Waals surface area (Å²) in [6, 6.07) is 11.0. The van der Waals surface area contributed by atoms with Gasteiger partial charge in [0.25, 0.3) is 5.56 Å². The second-order valence-electron chi connectivity index (χ2n) is 6.33. The summed E-state index contributed by atoms with van der Waals surface area (Å²) in [5.74, 6) is -0.318. The molecule has 5 rings (SSSR count). The van der Waals surface area contributed by atoms with Crippen LogP contribution in [0.4, 0.5) is 5.69 Å². The van der Waals surface area contributed by atoms with Gasteiger partial charge in [-0.15, -0.1) is 27.8 Å². The Labute approximate surface area is 177 Å². The molecule has 0 aliphatic rings. The van der Waals surface area contributed by atoms with Gasteiger partial charge in [0.05, 0.1) is 17.4 Å². The molecule has 4 heterocycles. The number of rotatable bonds is 5. The molecular weight excluding hydrogens is 422 g/mol. The number of hydrogen-bond donors (Lipinski definition) is 1. The topological polar surface area (TPSA) is 108 Å². The maximum atomic E-state index is 13.0. The molecule has 0 saturated heterocycles. The maximum Gasteiger partial charge on any atom is 0.263 e. The summed E-state index contributed by atoms with van der Waals surface area (Å²) in [6.07, 6.45) is 2.90. The van der Waals surface area contributed by atoms with Crippen molar-refractivity contribution in [2.45, 2.75) is 6.54 Å². The molecule has 0 radical (unpaired) electrons. The predicted molar refractivity (Wildman–Crippen MR) is 115 cm³/mol. The minimum atomic E-state index is -0.318. The number of aromatic nitrogens is 6. The van der Waals surface area contributed by atoms with Gasteiger partial charge in [0.2, 0.25) is 5.91 Å². The summed E-state index contributed by atoms with van der Waals surface area (Å²) in [4.78, 5) is 31.5. The molecule has 0 spiro atoms. The number of tetrazole rings is 1. The van der Waals surface area contributed by atoms with Crippen LogP contribution in [0.5, 0.6) is 0 Å². The number of benzene rings is 1. The van der Waals surface area contributed by atoms with Crippen LogP contribution in [0.25, 0.3) is 26.3 Å². The number of carbonyl (C=O) groups excluding carboxylic acids is 1. The van der Waals surface area contributed by atoms with Crippen LogP contribution in [0, 0.1) is 0 Å². The SMILES string of the molecule is O=C(Cn1cnc2scc(-c3cccs3)c2c1=O)Nc1ccc(-n2cnnn2)cc1. The Morgan fingerprint density at radius 3 is 2.70 bits per heavy atom. The molecule has 1 amide bonds. The molecule has 0 bridgehead atoms. The zero-order chi connectivity index (χ0) is 20.5. The average Bonchev–Trinajstić information content (AvgIpc) is 3.52. The fourth-order valence-corrected chi connectivity index (χ4v) is 4.75. The van der Waals surface area contributed by atoms with Crippen molar-refractivity contribution in [3.05, 3.63) is 70.2 Å². The molecule has 0 aliphatic heterocycles. The van der Waals surface area contributed by atoms with Gasteiger partial charge in [0.15, 0.2) is 0 Å². The first kappa shape index (κ1) is 18.3. The van der Waals surface area contributed by atoms with E-state index in [1.165, 1.54) is 33.2 Å². The zero-order valence-corrected chi connectivity index (χ0v) is 16.9. The molecule has 11 heteroatoms. The average molecular weight is 435 g/mol. The Hall–Kier alpha value is -3.70. The largest absolute Gasteiger partial charge is 0.325 e. The van der Waals surface area contributed by atoms with E-state index in [0.29, 0.717) is 15.9 Å². The fourth-order valence-electron chi connectivity index (χ4n) is 3.03. The van der Waals surface area contributed by atoms with Crippen molar-refractivity contribution < 1.29 is 4.79 Å². The maximum absolute atomic E-state index is 13.0. The molecule has 30 heavy (non-hydrogen) atoms. The van der Waals surface area contributed by atoms with Gasteiger partial charge in [0, 0.05) is 21.5 Å². The molecule has 1 N–H and O–H groups in total. The van der Waals surface area contributed by atoms with E-state index >= 15 is 0 Å². The van der Waals surface area contributed by atoms with Crippen molar-refractivity contribution in [3.63, 3.8) is 0 Å². The van der Waals surface area contributed by atoms with Gasteiger partial charge in [-0.3, -0.25) is 14.2 Å². The molecular formula is C19H13N7O2S2. The number of anilines is 1. The first-order chi connectivity index (χ1) is 14.7. The van der Waals surface area contributed by atoms with Crippen LogP contribution in [0.3, 0.4) is 0 Å². The zero-order valence-electron chi connectivity index (χ0n) is 15.3. The van der Waals surface area contributed by atoms with E-state index in [2.05, 4.69) is 25.8 Å². The summed E-state index contributed by atoms with van der Waals surface area (Å²) in [5, 5.41) is 18.2. The van der Waals surface area contributed by atoms with Crippen LogP contribution in [0.1, 0.15) is 0 Å². The lowest BCUT2D eigenvalue weighted by molar-refractivity contribution is -0.116. The van der Waals surface area contributed by atoms with E-state index in [0.717, 1.165) is 16.1 Å². The Morgan fingerprint density at radius 2 is 1.97 bits per heavy atom. The Balaban J connectivity index is 1.36. The van der Waals surface area contributed by atoms with Crippen molar-refractivity contribution in [3.8, 4) is 16.1 Å². The van der Waals surface area contributed by atoms with Gasteiger partial charge < -0.3 is 5.32 Å². The number of amides is 1. The van der Waals surface area contributed by atoms with E-state index in [1.54, 1.807) is 35.6 Å². The highest BCUT2D eigenvalue weighted by molar-refractivity contribution is 7.18. The third kappa shape index (κ3) is 3.40. The van der Waals surface area contributed by atoms with Crippen LogP contribution in [-0.2, 0) is 11.3 Å². The third-order valence-corrected chi connectivity index (χ3v) is 6.22. The minimum absolute atomic E-state index is 0.129. The smallest absolute Gasteiger partial charge is 0.263 e. The van der Waals surface area contributed by atoms with Crippen LogP contribution < -0.4 is 10.9 Å². The second kappa shape index (κ2) is 7.61. The van der Waals surface area contributed by atoms with E-state index in [4.69, 9.17) is 0 Å². The first-order valence-corrected chi connectivity index (χ1v) is 10.6. The lowest BCUT2D eigenvalue weighted by atomic mass is 10.2. The van der Waals surface area contributed by atoms with E-state index in [9.17, 15) is 9.59 Å². The molecule has 5 aromatic rings. The van der Waals surface area contributed by atoms with Crippen molar-refractivity contribution in [1.29, 1.82) is 0 Å². The standard InChI is InChI=1S/C19H13N7O2S2/c27-16(22-12-3-5-13(6-4-12)26-11-21-23-24-26)8-25-10-20-18-17(19(25)28)14(9-30-18)15-2-1-7-29-15/h1-7,9-11H,8H2,(H,22,27). The Morgan fingerprint density at radius 1 is 1.10 bits per heavy atom. The summed E-state index contributed by atoms with van der Waals surface area (Å²) in [5.41, 5.74) is 2.00. The number of carbonyl (C=O) groups is 1. The summed E-state index contributed by atoms with van der Waals surface area (Å²) < 4.78 is 2.84. The lowest BCUT2D eigenvalue weighted by Crippen LogP contribution is -2.27. The van der Waals surface area contributed by atoms with Crippen LogP contribution in [0.2, 0.25) is 0 Å². The van der Waals surface area contributed by atoms with Gasteiger partial charge in [0.1, 0.15) is 17.7 Å². The van der Waals surface area contributed by atoms with Crippen molar-refractivity contribution in [1.82, 2.24) is 29.8 Å². The molecule has 0 aliphatic carbocycles. The minimum Gasteiger partial charge on any atom is -0.325 e. The molecule has 0 saturated carbocycles. The van der Waals surface area contributed by atoms with Gasteiger partial charge in [-0.25, -0.2) is 9.67 Å². The van der Waals surface area contributed by atoms with Gasteiger partial charge in [-0.1, -0.05) is 6.07 Å². The lowest BCUT2D eigenvalue weighted by Gasteiger charge is -2.08. The first-order valence-electron chi connectivity index (χ1n) is 8.83. The molecule has 4 aromatic heterocycles. The van der Waals surface area contributed by atoms with E-state index in [-0.39, 0.29) is 18.0 Å². The molecule has 148 valence electrons. The van der Waals surface area contributed by atoms with Crippen molar-refractivity contribution in [2.75, 3.05) is 5.32 Å². The summed E-state index contributed by atoms with van der Waals surface area (Å²) in [7, 11) is 0. The molecule has 0 fully saturated rings. The molecule has 1 aromatic carbocycles. The third-order valence-electron chi connectivity index (χ3n) is 4.43.